The Kier molecular flexibility index (Phi) is 11.4. The molecule has 0 aliphatic rings. The molecule has 1 aromatic rings. The first-order valence-electron chi connectivity index (χ1n) is 9.74. The molecule has 6 N–H and O–H groups in total. The van der Waals surface area contributed by atoms with E-state index >= 15 is 0 Å². The number of carbonyl (C=O) groups is 6. The van der Waals surface area contributed by atoms with Crippen LogP contribution in [-0.4, -0.2) is 63.9 Å². The van der Waals surface area contributed by atoms with Crippen molar-refractivity contribution in [1.82, 2.24) is 16.0 Å². The van der Waals surface area contributed by atoms with Gasteiger partial charge in [0, 0.05) is 6.42 Å². The molecule has 0 radical (unpaired) electrons. The fraction of sp³-hybridized carbons (Fsp3) is 0.400. The molecule has 0 aliphatic carbocycles. The lowest BCUT2D eigenvalue weighted by Crippen LogP contribution is -2.55. The van der Waals surface area contributed by atoms with E-state index < -0.39 is 65.2 Å². The molecule has 3 atom stereocenters. The third-order valence-corrected chi connectivity index (χ3v) is 4.97. The topological polar surface area (TPSA) is 194 Å². The summed E-state index contributed by atoms with van der Waals surface area (Å²) in [6.45, 7) is 2.63. The van der Waals surface area contributed by atoms with Crippen molar-refractivity contribution in [3.05, 3.63) is 35.9 Å². The summed E-state index contributed by atoms with van der Waals surface area (Å²) in [5.74, 6) is -4.28. The van der Waals surface area contributed by atoms with Gasteiger partial charge in [0.1, 0.15) is 24.7 Å². The highest BCUT2D eigenvalue weighted by atomic mass is 32.2. The summed E-state index contributed by atoms with van der Waals surface area (Å²) in [5.41, 5.74) is 5.84. The van der Waals surface area contributed by atoms with Gasteiger partial charge in [-0.1, -0.05) is 42.1 Å². The molecule has 1 rings (SSSR count). The molecule has 0 aliphatic heterocycles. The van der Waals surface area contributed by atoms with Gasteiger partial charge >= 0.3 is 12.1 Å². The molecule has 0 spiro atoms. The van der Waals surface area contributed by atoms with E-state index in [1.165, 1.54) is 13.8 Å². The number of primary amides is 1. The van der Waals surface area contributed by atoms with Crippen LogP contribution in [0.1, 0.15) is 25.8 Å². The number of rotatable bonds is 12. The molecule has 0 saturated carbocycles. The minimum absolute atomic E-state index is 0.0215. The third-order valence-electron chi connectivity index (χ3n) is 4.09. The lowest BCUT2D eigenvalue weighted by atomic mass is 10.1. The maximum Gasteiger partial charge on any atom is 0.408 e. The van der Waals surface area contributed by atoms with Crippen molar-refractivity contribution in [2.45, 2.75) is 45.0 Å². The van der Waals surface area contributed by atoms with Crippen molar-refractivity contribution in [2.24, 2.45) is 5.73 Å². The number of carboxylic acid groups (broad SMARTS) is 1. The zero-order chi connectivity index (χ0) is 25.0. The first-order chi connectivity index (χ1) is 15.5. The Bertz CT molecular complexity index is 880. The van der Waals surface area contributed by atoms with Gasteiger partial charge in [0.25, 0.3) is 0 Å². The number of hydrogen-bond acceptors (Lipinski definition) is 8. The minimum atomic E-state index is -1.43. The summed E-state index contributed by atoms with van der Waals surface area (Å²) < 4.78 is 5.03. The summed E-state index contributed by atoms with van der Waals surface area (Å²) in [7, 11) is 0. The Morgan fingerprint density at radius 1 is 0.970 bits per heavy atom. The summed E-state index contributed by atoms with van der Waals surface area (Å²) in [5, 5.41) is 14.9. The number of alkyl carbamates (subject to hydrolysis) is 1. The molecule has 13 heteroatoms. The molecule has 1 aromatic carbocycles. The second kappa shape index (κ2) is 13.7. The smallest absolute Gasteiger partial charge is 0.408 e. The van der Waals surface area contributed by atoms with E-state index in [1.807, 2.05) is 0 Å². The van der Waals surface area contributed by atoms with Gasteiger partial charge in [0.05, 0.1) is 5.75 Å². The monoisotopic (exact) mass is 482 g/mol. The quantitative estimate of drug-likeness (QED) is 0.261. The number of nitrogens with two attached hydrogens (primary N) is 1. The van der Waals surface area contributed by atoms with Gasteiger partial charge in [-0.3, -0.25) is 24.0 Å². The normalized spacial score (nSPS) is 13.0. The highest BCUT2D eigenvalue weighted by Crippen LogP contribution is 2.09. The van der Waals surface area contributed by atoms with Gasteiger partial charge in [-0.15, -0.1) is 0 Å². The van der Waals surface area contributed by atoms with Crippen molar-refractivity contribution in [2.75, 3.05) is 5.75 Å². The van der Waals surface area contributed by atoms with Crippen LogP contribution >= 0.6 is 11.8 Å². The van der Waals surface area contributed by atoms with E-state index in [9.17, 15) is 28.8 Å². The second-order valence-corrected chi connectivity index (χ2v) is 7.91. The van der Waals surface area contributed by atoms with Crippen LogP contribution < -0.4 is 21.7 Å². The van der Waals surface area contributed by atoms with Crippen LogP contribution in [0, 0.1) is 0 Å². The number of nitrogens with one attached hydrogen (secondary N) is 3. The SMILES string of the molecule is C[C@H](NC(=O)[C@H](CC(=O)SCC(=O)O)NC(=O)[C@H](C)NC(=O)OCc1ccccc1)C(N)=O. The standard InChI is InChI=1S/C20H26N4O8S/c1-11(17(21)28)22-19(30)14(8-16(27)33-10-15(25)26)24-18(29)12(2)23-20(31)32-9-13-6-4-3-5-7-13/h3-7,11-12,14H,8-10H2,1-2H3,(H2,21,28)(H,22,30)(H,23,31)(H,24,29)(H,25,26)/t11-,12-,14-/m0/s1. The Balaban J connectivity index is 2.71. The van der Waals surface area contributed by atoms with E-state index in [0.29, 0.717) is 11.8 Å². The highest BCUT2D eigenvalue weighted by molar-refractivity contribution is 8.14. The first-order valence-corrected chi connectivity index (χ1v) is 10.7. The van der Waals surface area contributed by atoms with Gasteiger partial charge < -0.3 is 31.5 Å². The zero-order valence-electron chi connectivity index (χ0n) is 18.0. The van der Waals surface area contributed by atoms with Gasteiger partial charge in [-0.05, 0) is 19.4 Å². The van der Waals surface area contributed by atoms with Crippen LogP contribution in [0.5, 0.6) is 0 Å². The number of hydrogen-bond donors (Lipinski definition) is 5. The molecule has 0 unspecified atom stereocenters. The van der Waals surface area contributed by atoms with Crippen molar-refractivity contribution >= 4 is 46.7 Å². The van der Waals surface area contributed by atoms with Crippen molar-refractivity contribution in [1.29, 1.82) is 0 Å². The van der Waals surface area contributed by atoms with Crippen LogP contribution in [0.2, 0.25) is 0 Å². The second-order valence-electron chi connectivity index (χ2n) is 6.88. The number of thioether (sulfide) groups is 1. The Labute approximate surface area is 194 Å². The van der Waals surface area contributed by atoms with Gasteiger partial charge in [-0.25, -0.2) is 4.79 Å². The van der Waals surface area contributed by atoms with E-state index in [1.54, 1.807) is 30.3 Å². The van der Waals surface area contributed by atoms with Crippen molar-refractivity contribution < 1.29 is 38.6 Å². The number of aliphatic carboxylic acids is 1. The minimum Gasteiger partial charge on any atom is -0.481 e. The highest BCUT2D eigenvalue weighted by Gasteiger charge is 2.28. The summed E-state index contributed by atoms with van der Waals surface area (Å²) in [6.07, 6.45) is -1.43. The molecular formula is C20H26N4O8S. The molecule has 0 saturated heterocycles. The third kappa shape index (κ3) is 11.0. The molecule has 0 aromatic heterocycles. The number of amides is 4. The molecule has 180 valence electrons. The van der Waals surface area contributed by atoms with E-state index in [4.69, 9.17) is 15.6 Å². The van der Waals surface area contributed by atoms with Crippen LogP contribution in [0.15, 0.2) is 30.3 Å². The fourth-order valence-electron chi connectivity index (χ4n) is 2.27. The van der Waals surface area contributed by atoms with Crippen LogP contribution in [0.25, 0.3) is 0 Å². The maximum atomic E-state index is 12.5. The van der Waals surface area contributed by atoms with E-state index in [0.717, 1.165) is 5.56 Å². The molecule has 12 nitrogen and oxygen atoms in total. The fourth-order valence-corrected chi connectivity index (χ4v) is 2.84. The van der Waals surface area contributed by atoms with E-state index in [-0.39, 0.29) is 6.61 Å². The Morgan fingerprint density at radius 2 is 1.61 bits per heavy atom. The number of benzene rings is 1. The van der Waals surface area contributed by atoms with Crippen molar-refractivity contribution in [3.8, 4) is 0 Å². The van der Waals surface area contributed by atoms with Crippen LogP contribution in [0.4, 0.5) is 4.79 Å². The molecule has 0 fully saturated rings. The first kappa shape index (κ1) is 27.4. The molecule has 0 bridgehead atoms. The lowest BCUT2D eigenvalue weighted by Gasteiger charge is -2.22. The van der Waals surface area contributed by atoms with Crippen molar-refractivity contribution in [3.63, 3.8) is 0 Å². The number of carboxylic acids is 1. The van der Waals surface area contributed by atoms with Crippen LogP contribution in [0.3, 0.4) is 0 Å². The molecular weight excluding hydrogens is 456 g/mol. The number of carbonyl (C=O) groups excluding carboxylic acids is 5. The average molecular weight is 483 g/mol. The molecule has 0 heterocycles. The van der Waals surface area contributed by atoms with Crippen LogP contribution in [-0.2, 0) is 35.3 Å². The maximum absolute atomic E-state index is 12.5. The number of ether oxygens (including phenoxy) is 1. The van der Waals surface area contributed by atoms with Gasteiger partial charge in [0.15, 0.2) is 5.12 Å². The van der Waals surface area contributed by atoms with E-state index in [2.05, 4.69) is 16.0 Å². The van der Waals surface area contributed by atoms with Gasteiger partial charge in [-0.2, -0.15) is 0 Å². The largest absolute Gasteiger partial charge is 0.481 e. The predicted molar refractivity (Wildman–Crippen MR) is 118 cm³/mol. The van der Waals surface area contributed by atoms with Gasteiger partial charge in [0.2, 0.25) is 17.7 Å². The molecule has 4 amide bonds. The molecule has 33 heavy (non-hydrogen) atoms. The average Bonchev–Trinajstić information content (AvgIpc) is 2.76. The predicted octanol–water partition coefficient (Wildman–Crippen LogP) is -0.489. The Morgan fingerprint density at radius 3 is 2.18 bits per heavy atom. The summed E-state index contributed by atoms with van der Waals surface area (Å²) in [4.78, 5) is 70.7. The Hall–Kier alpha value is -3.61. The summed E-state index contributed by atoms with van der Waals surface area (Å²) >= 11 is 0.455. The zero-order valence-corrected chi connectivity index (χ0v) is 18.8. The lowest BCUT2D eigenvalue weighted by molar-refractivity contribution is -0.134. The summed E-state index contributed by atoms with van der Waals surface area (Å²) in [6, 6.07) is 5.19.